The van der Waals surface area contributed by atoms with E-state index in [9.17, 15) is 14.4 Å². The Balaban J connectivity index is 1.26. The lowest BCUT2D eigenvalue weighted by Crippen LogP contribution is -2.47. The van der Waals surface area contributed by atoms with E-state index in [-0.39, 0.29) is 23.8 Å². The highest BCUT2D eigenvalue weighted by molar-refractivity contribution is 5.90. The first-order chi connectivity index (χ1) is 15.6. The number of benzene rings is 2. The van der Waals surface area contributed by atoms with Crippen LogP contribution in [0, 0.1) is 5.92 Å². The van der Waals surface area contributed by atoms with Crippen LogP contribution in [0.25, 0.3) is 0 Å². The monoisotopic (exact) mass is 435 g/mol. The SMILES string of the molecule is O=C1CN(c2ccc(CNC(=O)[C@@H]3CCCN(C(=O)Nc4ccccc4)C3)cc2)CCN1. The minimum atomic E-state index is -0.212. The Morgan fingerprint density at radius 3 is 2.56 bits per heavy atom. The third kappa shape index (κ3) is 5.57. The van der Waals surface area contributed by atoms with Crippen LogP contribution in [0.1, 0.15) is 18.4 Å². The van der Waals surface area contributed by atoms with Crippen molar-refractivity contribution in [2.24, 2.45) is 5.92 Å². The molecule has 8 heteroatoms. The van der Waals surface area contributed by atoms with Crippen LogP contribution >= 0.6 is 0 Å². The van der Waals surface area contributed by atoms with Crippen LogP contribution in [-0.2, 0) is 16.1 Å². The first-order valence-corrected chi connectivity index (χ1v) is 11.1. The largest absolute Gasteiger partial charge is 0.360 e. The highest BCUT2D eigenvalue weighted by atomic mass is 16.2. The van der Waals surface area contributed by atoms with Gasteiger partial charge in [-0.1, -0.05) is 30.3 Å². The van der Waals surface area contributed by atoms with Crippen LogP contribution in [0.5, 0.6) is 0 Å². The van der Waals surface area contributed by atoms with E-state index in [0.717, 1.165) is 36.3 Å². The predicted molar refractivity (Wildman–Crippen MR) is 123 cm³/mol. The van der Waals surface area contributed by atoms with Gasteiger partial charge in [0.2, 0.25) is 11.8 Å². The summed E-state index contributed by atoms with van der Waals surface area (Å²) in [6, 6.07) is 17.1. The first-order valence-electron chi connectivity index (χ1n) is 11.1. The number of para-hydroxylation sites is 1. The average Bonchev–Trinajstić information content (AvgIpc) is 2.83. The van der Waals surface area contributed by atoms with Crippen LogP contribution < -0.4 is 20.9 Å². The number of amides is 4. The summed E-state index contributed by atoms with van der Waals surface area (Å²) < 4.78 is 0. The Morgan fingerprint density at radius 2 is 1.81 bits per heavy atom. The van der Waals surface area contributed by atoms with Crippen LogP contribution in [0.15, 0.2) is 54.6 Å². The van der Waals surface area contributed by atoms with Crippen LogP contribution in [-0.4, -0.2) is 55.5 Å². The van der Waals surface area contributed by atoms with Crippen molar-refractivity contribution in [2.45, 2.75) is 19.4 Å². The Kier molecular flexibility index (Phi) is 6.89. The second-order valence-corrected chi connectivity index (χ2v) is 8.24. The smallest absolute Gasteiger partial charge is 0.321 e. The molecule has 4 amide bonds. The molecule has 0 saturated carbocycles. The number of rotatable bonds is 5. The van der Waals surface area contributed by atoms with Gasteiger partial charge in [0.15, 0.2) is 0 Å². The molecule has 3 N–H and O–H groups in total. The van der Waals surface area contributed by atoms with Crippen molar-refractivity contribution in [3.63, 3.8) is 0 Å². The van der Waals surface area contributed by atoms with Crippen molar-refractivity contribution in [1.82, 2.24) is 15.5 Å². The Bertz CT molecular complexity index is 948. The van der Waals surface area contributed by atoms with Gasteiger partial charge in [0.05, 0.1) is 12.5 Å². The molecule has 0 spiro atoms. The molecule has 0 radical (unpaired) electrons. The van der Waals surface area contributed by atoms with Crippen molar-refractivity contribution in [1.29, 1.82) is 0 Å². The lowest BCUT2D eigenvalue weighted by atomic mass is 9.97. The summed E-state index contributed by atoms with van der Waals surface area (Å²) in [5.41, 5.74) is 2.75. The minimum absolute atomic E-state index is 0.0287. The van der Waals surface area contributed by atoms with Crippen molar-refractivity contribution >= 4 is 29.2 Å². The second kappa shape index (κ2) is 10.2. The van der Waals surface area contributed by atoms with Gasteiger partial charge >= 0.3 is 6.03 Å². The number of nitrogens with zero attached hydrogens (tertiary/aromatic N) is 2. The Morgan fingerprint density at radius 1 is 1.03 bits per heavy atom. The van der Waals surface area contributed by atoms with Gasteiger partial charge in [0.1, 0.15) is 0 Å². The number of piperidine rings is 1. The Hall–Kier alpha value is -3.55. The van der Waals surface area contributed by atoms with Gasteiger partial charge in [0, 0.05) is 44.1 Å². The average molecular weight is 436 g/mol. The molecular weight excluding hydrogens is 406 g/mol. The van der Waals surface area contributed by atoms with E-state index in [1.54, 1.807) is 4.90 Å². The maximum Gasteiger partial charge on any atom is 0.321 e. The van der Waals surface area contributed by atoms with E-state index in [4.69, 9.17) is 0 Å². The van der Waals surface area contributed by atoms with Gasteiger partial charge in [-0.15, -0.1) is 0 Å². The van der Waals surface area contributed by atoms with E-state index in [0.29, 0.717) is 32.7 Å². The van der Waals surface area contributed by atoms with Gasteiger partial charge < -0.3 is 25.8 Å². The molecule has 4 rings (SSSR count). The number of nitrogens with one attached hydrogen (secondary N) is 3. The highest BCUT2D eigenvalue weighted by Crippen LogP contribution is 2.19. The molecule has 2 saturated heterocycles. The van der Waals surface area contributed by atoms with Crippen LogP contribution in [0.3, 0.4) is 0 Å². The van der Waals surface area contributed by atoms with E-state index in [1.165, 1.54) is 0 Å². The zero-order valence-electron chi connectivity index (χ0n) is 18.0. The first kappa shape index (κ1) is 21.7. The highest BCUT2D eigenvalue weighted by Gasteiger charge is 2.28. The summed E-state index contributed by atoms with van der Waals surface area (Å²) in [7, 11) is 0. The maximum atomic E-state index is 12.7. The van der Waals surface area contributed by atoms with Gasteiger partial charge in [-0.2, -0.15) is 0 Å². The summed E-state index contributed by atoms with van der Waals surface area (Å²) in [5.74, 6) is -0.207. The lowest BCUT2D eigenvalue weighted by Gasteiger charge is -2.32. The van der Waals surface area contributed by atoms with Gasteiger partial charge in [-0.25, -0.2) is 4.79 Å². The van der Waals surface area contributed by atoms with Crippen molar-refractivity contribution in [3.05, 3.63) is 60.2 Å². The molecule has 168 valence electrons. The van der Waals surface area contributed by atoms with Gasteiger partial charge in [0.25, 0.3) is 0 Å². The molecule has 0 unspecified atom stereocenters. The van der Waals surface area contributed by atoms with Crippen molar-refractivity contribution < 1.29 is 14.4 Å². The van der Waals surface area contributed by atoms with E-state index in [1.807, 2.05) is 59.5 Å². The minimum Gasteiger partial charge on any atom is -0.360 e. The fourth-order valence-electron chi connectivity index (χ4n) is 4.12. The van der Waals surface area contributed by atoms with Crippen molar-refractivity contribution in [2.75, 3.05) is 42.9 Å². The molecule has 8 nitrogen and oxygen atoms in total. The molecular formula is C24H29N5O3. The molecule has 2 aromatic carbocycles. The van der Waals surface area contributed by atoms with E-state index >= 15 is 0 Å². The van der Waals surface area contributed by atoms with Crippen molar-refractivity contribution in [3.8, 4) is 0 Å². The normalized spacial score (nSPS) is 18.6. The predicted octanol–water partition coefficient (Wildman–Crippen LogP) is 2.18. The summed E-state index contributed by atoms with van der Waals surface area (Å²) in [6.45, 7) is 3.31. The summed E-state index contributed by atoms with van der Waals surface area (Å²) in [5, 5.41) is 8.72. The van der Waals surface area contributed by atoms with E-state index < -0.39 is 0 Å². The third-order valence-corrected chi connectivity index (χ3v) is 5.91. The zero-order chi connectivity index (χ0) is 22.3. The molecule has 2 aliphatic rings. The molecule has 0 bridgehead atoms. The summed E-state index contributed by atoms with van der Waals surface area (Å²) in [4.78, 5) is 40.6. The number of carbonyl (C=O) groups excluding carboxylic acids is 3. The standard InChI is InChI=1S/C24H29N5O3/c30-22-17-28(14-12-25-22)21-10-8-18(9-11-21)15-26-23(31)19-5-4-13-29(16-19)24(32)27-20-6-2-1-3-7-20/h1-3,6-11,19H,4-5,12-17H2,(H,25,30)(H,26,31)(H,27,32)/t19-/m1/s1. The second-order valence-electron chi connectivity index (χ2n) is 8.24. The molecule has 2 aromatic rings. The fraction of sp³-hybridized carbons (Fsp3) is 0.375. The van der Waals surface area contributed by atoms with Crippen LogP contribution in [0.2, 0.25) is 0 Å². The lowest BCUT2D eigenvalue weighted by molar-refractivity contribution is -0.126. The summed E-state index contributed by atoms with van der Waals surface area (Å²) in [6.07, 6.45) is 1.58. The third-order valence-electron chi connectivity index (χ3n) is 5.91. The molecule has 2 fully saturated rings. The van der Waals surface area contributed by atoms with Gasteiger partial charge in [-0.3, -0.25) is 9.59 Å². The number of likely N-dealkylation sites (tertiary alicyclic amines) is 1. The number of hydrogen-bond donors (Lipinski definition) is 3. The maximum absolute atomic E-state index is 12.7. The van der Waals surface area contributed by atoms with E-state index in [2.05, 4.69) is 16.0 Å². The Labute approximate surface area is 188 Å². The molecule has 2 heterocycles. The number of hydrogen-bond acceptors (Lipinski definition) is 4. The van der Waals surface area contributed by atoms with Crippen LogP contribution in [0.4, 0.5) is 16.2 Å². The molecule has 0 aliphatic carbocycles. The summed E-state index contributed by atoms with van der Waals surface area (Å²) >= 11 is 0. The van der Waals surface area contributed by atoms with Gasteiger partial charge in [-0.05, 0) is 42.7 Å². The molecule has 1 atom stereocenters. The molecule has 32 heavy (non-hydrogen) atoms. The number of carbonyl (C=O) groups is 3. The quantitative estimate of drug-likeness (QED) is 0.671. The number of urea groups is 1. The molecule has 0 aromatic heterocycles. The number of anilines is 2. The fourth-order valence-corrected chi connectivity index (χ4v) is 4.12. The topological polar surface area (TPSA) is 93.8 Å². The zero-order valence-corrected chi connectivity index (χ0v) is 18.0. The number of piperazine rings is 1. The molecule has 2 aliphatic heterocycles.